The van der Waals surface area contributed by atoms with Crippen LogP contribution in [0.4, 0.5) is 5.82 Å². The lowest BCUT2D eigenvalue weighted by Crippen LogP contribution is -2.54. The molecule has 0 bridgehead atoms. The topological polar surface area (TPSA) is 92.7 Å². The summed E-state index contributed by atoms with van der Waals surface area (Å²) in [6.45, 7) is 7.31. The van der Waals surface area contributed by atoms with E-state index in [9.17, 15) is 4.79 Å². The zero-order valence-corrected chi connectivity index (χ0v) is 22.9. The molecule has 202 valence electrons. The van der Waals surface area contributed by atoms with Gasteiger partial charge in [-0.15, -0.1) is 0 Å². The summed E-state index contributed by atoms with van der Waals surface area (Å²) in [5.74, 6) is 2.04. The zero-order chi connectivity index (χ0) is 27.4. The second kappa shape index (κ2) is 9.71. The molecule has 3 aromatic heterocycles. The maximum atomic E-state index is 11.7. The van der Waals surface area contributed by atoms with Crippen molar-refractivity contribution in [3.8, 4) is 22.5 Å². The highest BCUT2D eigenvalue weighted by Crippen LogP contribution is 2.42. The van der Waals surface area contributed by atoms with Crippen LogP contribution in [0.3, 0.4) is 0 Å². The molecule has 8 nitrogen and oxygen atoms in total. The quantitative estimate of drug-likeness (QED) is 0.354. The van der Waals surface area contributed by atoms with Gasteiger partial charge in [0.25, 0.3) is 0 Å². The Hall–Kier alpha value is -4.30. The van der Waals surface area contributed by atoms with Crippen molar-refractivity contribution >= 4 is 28.1 Å². The molecule has 0 unspecified atom stereocenters. The minimum absolute atomic E-state index is 0.170. The summed E-state index contributed by atoms with van der Waals surface area (Å²) >= 11 is 0. The third kappa shape index (κ3) is 4.19. The number of fused-ring (bicyclic) bond motifs is 2. The molecule has 4 heterocycles. The van der Waals surface area contributed by atoms with E-state index in [-0.39, 0.29) is 5.91 Å². The molecule has 0 radical (unpaired) electrons. The maximum Gasteiger partial charge on any atom is 0.219 e. The molecule has 0 spiro atoms. The van der Waals surface area contributed by atoms with E-state index in [0.29, 0.717) is 17.8 Å². The van der Waals surface area contributed by atoms with Crippen LogP contribution in [0.2, 0.25) is 0 Å². The van der Waals surface area contributed by atoms with E-state index in [1.807, 2.05) is 29.3 Å². The van der Waals surface area contributed by atoms with Gasteiger partial charge in [-0.25, -0.2) is 15.0 Å². The summed E-state index contributed by atoms with van der Waals surface area (Å²) in [6.07, 6.45) is 5.85. The largest absolute Gasteiger partial charge is 0.382 e. The van der Waals surface area contributed by atoms with E-state index in [1.54, 1.807) is 13.1 Å². The number of nitrogen functional groups attached to an aromatic ring is 1. The van der Waals surface area contributed by atoms with Gasteiger partial charge in [0.2, 0.25) is 5.91 Å². The number of imidazole rings is 1. The molecule has 40 heavy (non-hydrogen) atoms. The van der Waals surface area contributed by atoms with Crippen LogP contribution in [0.5, 0.6) is 0 Å². The summed E-state index contributed by atoms with van der Waals surface area (Å²) in [7, 11) is 0. The molecule has 0 atom stereocenters. The summed E-state index contributed by atoms with van der Waals surface area (Å²) < 4.78 is 2.13. The first-order valence-electron chi connectivity index (χ1n) is 14.1. The Labute approximate surface area is 233 Å². The van der Waals surface area contributed by atoms with E-state index in [0.717, 1.165) is 83.8 Å². The van der Waals surface area contributed by atoms with Crippen molar-refractivity contribution in [2.75, 3.05) is 31.9 Å². The average molecular weight is 532 g/mol. The van der Waals surface area contributed by atoms with E-state index < -0.39 is 0 Å². The molecule has 1 aliphatic heterocycles. The lowest BCUT2D eigenvalue weighted by Gasteiger charge is -2.46. The maximum absolute atomic E-state index is 11.7. The molecule has 7 rings (SSSR count). The van der Waals surface area contributed by atoms with Crippen molar-refractivity contribution in [1.29, 1.82) is 0 Å². The number of carbonyl (C=O) groups is 1. The van der Waals surface area contributed by atoms with Gasteiger partial charge in [0.15, 0.2) is 0 Å². The van der Waals surface area contributed by atoms with E-state index in [4.69, 9.17) is 15.7 Å². The van der Waals surface area contributed by atoms with Crippen LogP contribution >= 0.6 is 0 Å². The number of aromatic nitrogens is 4. The fraction of sp³-hybridized carbons (Fsp3) is 0.312. The Balaban J connectivity index is 1.22. The molecule has 2 aliphatic rings. The molecule has 1 amide bonds. The molecular formula is C32H33N7O. The number of aryl methyl sites for hydroxylation is 1. The number of nitrogens with zero attached hydrogens (tertiary/aromatic N) is 6. The summed E-state index contributed by atoms with van der Waals surface area (Å²) in [6, 6.07) is 19.4. The van der Waals surface area contributed by atoms with Crippen molar-refractivity contribution in [2.45, 2.75) is 38.6 Å². The van der Waals surface area contributed by atoms with E-state index in [1.165, 1.54) is 5.56 Å². The molecular weight excluding hydrogens is 498 g/mol. The van der Waals surface area contributed by atoms with Crippen molar-refractivity contribution in [2.24, 2.45) is 0 Å². The number of benzene rings is 2. The van der Waals surface area contributed by atoms with Crippen LogP contribution in [0.15, 0.2) is 67.0 Å². The van der Waals surface area contributed by atoms with Crippen molar-refractivity contribution in [1.82, 2.24) is 29.2 Å². The van der Waals surface area contributed by atoms with Crippen LogP contribution in [-0.2, 0) is 4.79 Å². The van der Waals surface area contributed by atoms with Crippen LogP contribution in [0, 0.1) is 6.92 Å². The number of anilines is 1. The number of nitrogens with two attached hydrogens (primary N) is 1. The van der Waals surface area contributed by atoms with E-state index >= 15 is 0 Å². The Morgan fingerprint density at radius 3 is 2.48 bits per heavy atom. The summed E-state index contributed by atoms with van der Waals surface area (Å²) in [4.78, 5) is 30.8. The first-order chi connectivity index (χ1) is 19.5. The Morgan fingerprint density at radius 2 is 1.73 bits per heavy atom. The first-order valence-corrected chi connectivity index (χ1v) is 14.1. The minimum Gasteiger partial charge on any atom is -0.382 e. The number of carbonyl (C=O) groups excluding carboxylic acids is 1. The first kappa shape index (κ1) is 24.7. The second-order valence-electron chi connectivity index (χ2n) is 11.1. The predicted molar refractivity (Wildman–Crippen MR) is 158 cm³/mol. The highest BCUT2D eigenvalue weighted by atomic mass is 16.2. The van der Waals surface area contributed by atoms with Crippen LogP contribution in [0.1, 0.15) is 37.1 Å². The monoisotopic (exact) mass is 531 g/mol. The van der Waals surface area contributed by atoms with Crippen molar-refractivity contribution in [3.05, 3.63) is 78.4 Å². The number of piperazine rings is 1. The molecule has 2 N–H and O–H groups in total. The molecule has 5 aromatic rings. The van der Waals surface area contributed by atoms with Crippen LogP contribution < -0.4 is 5.73 Å². The number of rotatable bonds is 4. The molecule has 2 aromatic carbocycles. The average Bonchev–Trinajstić information content (AvgIpc) is 3.33. The Morgan fingerprint density at radius 1 is 0.950 bits per heavy atom. The standard InChI is InChI=1S/C32H33N7O/c1-20-16-27(22-6-4-3-5-7-22)35-28-19-23(8-9-26(20)28)29-30-31(33)34-10-11-39(30)32(36-29)24-17-25(18-24)38-14-12-37(13-15-38)21(2)40/h3-11,16,19,24-25H,12-15,17-18H2,1-2H3,(H2,33,34). The van der Waals surface area contributed by atoms with Crippen LogP contribution in [0.25, 0.3) is 38.9 Å². The minimum atomic E-state index is 0.170. The second-order valence-corrected chi connectivity index (χ2v) is 11.1. The number of hydrogen-bond donors (Lipinski definition) is 1. The van der Waals surface area contributed by atoms with Crippen molar-refractivity contribution < 1.29 is 4.79 Å². The normalized spacial score (nSPS) is 19.7. The fourth-order valence-electron chi connectivity index (χ4n) is 6.38. The Kier molecular flexibility index (Phi) is 6.00. The SMILES string of the molecule is CC(=O)N1CCN(C2CC(c3nc(-c4ccc5c(C)cc(-c6ccccc6)nc5c4)c4c(N)nccn34)C2)CC1. The smallest absolute Gasteiger partial charge is 0.219 e. The zero-order valence-electron chi connectivity index (χ0n) is 22.9. The lowest BCUT2D eigenvalue weighted by molar-refractivity contribution is -0.131. The molecule has 1 aliphatic carbocycles. The van der Waals surface area contributed by atoms with Gasteiger partial charge in [-0.2, -0.15) is 0 Å². The predicted octanol–water partition coefficient (Wildman–Crippen LogP) is 4.91. The van der Waals surface area contributed by atoms with E-state index in [2.05, 4.69) is 57.6 Å². The van der Waals surface area contributed by atoms with Gasteiger partial charge in [0.1, 0.15) is 22.9 Å². The highest BCUT2D eigenvalue weighted by molar-refractivity contribution is 5.92. The van der Waals surface area contributed by atoms with Gasteiger partial charge in [-0.05, 0) is 37.5 Å². The molecule has 2 fully saturated rings. The number of pyridine rings is 1. The third-order valence-corrected chi connectivity index (χ3v) is 8.72. The third-order valence-electron chi connectivity index (χ3n) is 8.72. The molecule has 1 saturated carbocycles. The Bertz CT molecular complexity index is 1730. The fourth-order valence-corrected chi connectivity index (χ4v) is 6.38. The van der Waals surface area contributed by atoms with Gasteiger partial charge >= 0.3 is 0 Å². The lowest BCUT2D eigenvalue weighted by atomic mass is 9.78. The van der Waals surface area contributed by atoms with Gasteiger partial charge in [0.05, 0.1) is 11.2 Å². The van der Waals surface area contributed by atoms with Gasteiger partial charge < -0.3 is 10.6 Å². The summed E-state index contributed by atoms with van der Waals surface area (Å²) in [5, 5.41) is 1.13. The van der Waals surface area contributed by atoms with Gasteiger partial charge in [-0.3, -0.25) is 14.1 Å². The highest BCUT2D eigenvalue weighted by Gasteiger charge is 2.38. The number of hydrogen-bond acceptors (Lipinski definition) is 6. The molecule has 8 heteroatoms. The number of amides is 1. The van der Waals surface area contributed by atoms with Crippen molar-refractivity contribution in [3.63, 3.8) is 0 Å². The van der Waals surface area contributed by atoms with Crippen LogP contribution in [-0.4, -0.2) is 67.3 Å². The molecule has 1 saturated heterocycles. The van der Waals surface area contributed by atoms with Gasteiger partial charge in [-0.1, -0.05) is 42.5 Å². The van der Waals surface area contributed by atoms with Gasteiger partial charge in [0, 0.05) is 74.0 Å². The summed E-state index contributed by atoms with van der Waals surface area (Å²) in [5.41, 5.74) is 13.3.